The first-order valence-corrected chi connectivity index (χ1v) is 8.25. The first kappa shape index (κ1) is 14.0. The second kappa shape index (κ2) is 6.21. The fourth-order valence-electron chi connectivity index (χ4n) is 3.82. The van der Waals surface area contributed by atoms with Gasteiger partial charge in [0.1, 0.15) is 5.82 Å². The molecule has 0 aromatic carbocycles. The van der Waals surface area contributed by atoms with Gasteiger partial charge in [0.25, 0.3) is 0 Å². The van der Waals surface area contributed by atoms with E-state index in [1.807, 2.05) is 19.3 Å². The van der Waals surface area contributed by atoms with Crippen LogP contribution in [0.1, 0.15) is 62.8 Å². The Hall–Kier alpha value is -0.960. The molecule has 1 aromatic heterocycles. The van der Waals surface area contributed by atoms with E-state index in [4.69, 9.17) is 0 Å². The number of aryl methyl sites for hydroxylation is 1. The van der Waals surface area contributed by atoms with Crippen molar-refractivity contribution in [2.45, 2.75) is 64.3 Å². The molecule has 2 heterocycles. The quantitative estimate of drug-likeness (QED) is 0.825. The molecular weight excluding hydrogens is 246 g/mol. The van der Waals surface area contributed by atoms with Crippen molar-refractivity contribution in [2.24, 2.45) is 5.92 Å². The molecule has 1 saturated heterocycles. The minimum Gasteiger partial charge on any atom is -0.300 e. The van der Waals surface area contributed by atoms with Crippen molar-refractivity contribution < 1.29 is 0 Å². The Labute approximate surface area is 122 Å². The lowest BCUT2D eigenvalue weighted by Gasteiger charge is -2.40. The van der Waals surface area contributed by atoms with Crippen molar-refractivity contribution >= 4 is 0 Å². The standard InChI is InChI=1S/C17H27N3/c1-13-3-5-17(6-4-13)20-9-7-15(8-10-20)16-11-18-14(2)19-12-16/h11-13,15,17H,3-10H2,1-2H3. The maximum atomic E-state index is 4.35. The molecule has 0 radical (unpaired) electrons. The monoisotopic (exact) mass is 273 g/mol. The molecule has 0 N–H and O–H groups in total. The van der Waals surface area contributed by atoms with Crippen molar-refractivity contribution in [3.63, 3.8) is 0 Å². The third-order valence-corrected chi connectivity index (χ3v) is 5.30. The highest BCUT2D eigenvalue weighted by Crippen LogP contribution is 2.32. The van der Waals surface area contributed by atoms with E-state index < -0.39 is 0 Å². The van der Waals surface area contributed by atoms with E-state index in [-0.39, 0.29) is 0 Å². The summed E-state index contributed by atoms with van der Waals surface area (Å²) in [6.07, 6.45) is 12.3. The molecule has 0 unspecified atom stereocenters. The van der Waals surface area contributed by atoms with E-state index in [2.05, 4.69) is 21.8 Å². The zero-order valence-corrected chi connectivity index (χ0v) is 12.9. The summed E-state index contributed by atoms with van der Waals surface area (Å²) >= 11 is 0. The number of piperidine rings is 1. The van der Waals surface area contributed by atoms with Crippen molar-refractivity contribution in [1.29, 1.82) is 0 Å². The van der Waals surface area contributed by atoms with Crippen LogP contribution in [0.15, 0.2) is 12.4 Å². The third-order valence-electron chi connectivity index (χ3n) is 5.30. The van der Waals surface area contributed by atoms with E-state index in [0.29, 0.717) is 5.92 Å². The minimum atomic E-state index is 0.675. The molecule has 0 atom stereocenters. The summed E-state index contributed by atoms with van der Waals surface area (Å²) in [6, 6.07) is 0.862. The van der Waals surface area contributed by atoms with Gasteiger partial charge in [0, 0.05) is 18.4 Å². The van der Waals surface area contributed by atoms with E-state index >= 15 is 0 Å². The van der Waals surface area contributed by atoms with Crippen LogP contribution in [0.2, 0.25) is 0 Å². The van der Waals surface area contributed by atoms with Gasteiger partial charge < -0.3 is 4.90 Å². The highest BCUT2D eigenvalue weighted by Gasteiger charge is 2.28. The second-order valence-corrected chi connectivity index (χ2v) is 6.79. The average molecular weight is 273 g/mol. The van der Waals surface area contributed by atoms with Gasteiger partial charge >= 0.3 is 0 Å². The number of rotatable bonds is 2. The molecule has 3 rings (SSSR count). The van der Waals surface area contributed by atoms with Crippen molar-refractivity contribution in [3.8, 4) is 0 Å². The topological polar surface area (TPSA) is 29.0 Å². The van der Waals surface area contributed by atoms with Crippen LogP contribution in [0, 0.1) is 12.8 Å². The van der Waals surface area contributed by atoms with Crippen LogP contribution in [0.4, 0.5) is 0 Å². The highest BCUT2D eigenvalue weighted by atomic mass is 15.2. The number of likely N-dealkylation sites (tertiary alicyclic amines) is 1. The summed E-state index contributed by atoms with van der Waals surface area (Å²) in [4.78, 5) is 11.4. The van der Waals surface area contributed by atoms with Gasteiger partial charge in [-0.2, -0.15) is 0 Å². The Morgan fingerprint density at radius 2 is 1.55 bits per heavy atom. The van der Waals surface area contributed by atoms with E-state index in [9.17, 15) is 0 Å². The minimum absolute atomic E-state index is 0.675. The normalized spacial score (nSPS) is 29.5. The van der Waals surface area contributed by atoms with Crippen molar-refractivity contribution in [3.05, 3.63) is 23.8 Å². The van der Waals surface area contributed by atoms with Crippen molar-refractivity contribution in [1.82, 2.24) is 14.9 Å². The predicted octanol–water partition coefficient (Wildman–Crippen LogP) is 3.54. The molecule has 20 heavy (non-hydrogen) atoms. The van der Waals surface area contributed by atoms with Crippen LogP contribution in [0.5, 0.6) is 0 Å². The van der Waals surface area contributed by atoms with Gasteiger partial charge in [0.05, 0.1) is 0 Å². The maximum absolute atomic E-state index is 4.35. The number of aromatic nitrogens is 2. The fourth-order valence-corrected chi connectivity index (χ4v) is 3.82. The molecule has 1 saturated carbocycles. The van der Waals surface area contributed by atoms with Crippen LogP contribution in [0.3, 0.4) is 0 Å². The van der Waals surface area contributed by atoms with Gasteiger partial charge in [-0.15, -0.1) is 0 Å². The highest BCUT2D eigenvalue weighted by molar-refractivity contribution is 5.12. The lowest BCUT2D eigenvalue weighted by atomic mass is 9.84. The van der Waals surface area contributed by atoms with Gasteiger partial charge in [-0.1, -0.05) is 6.92 Å². The molecule has 2 aliphatic rings. The molecular formula is C17H27N3. The molecule has 2 fully saturated rings. The number of hydrogen-bond acceptors (Lipinski definition) is 3. The molecule has 3 heteroatoms. The van der Waals surface area contributed by atoms with Crippen LogP contribution in [-0.4, -0.2) is 34.0 Å². The van der Waals surface area contributed by atoms with E-state index in [1.54, 1.807) is 0 Å². The van der Waals surface area contributed by atoms with Crippen LogP contribution >= 0.6 is 0 Å². The Kier molecular flexibility index (Phi) is 4.35. The lowest BCUT2D eigenvalue weighted by molar-refractivity contribution is 0.110. The smallest absolute Gasteiger partial charge is 0.125 e. The largest absolute Gasteiger partial charge is 0.300 e. The Morgan fingerprint density at radius 3 is 2.15 bits per heavy atom. The summed E-state index contributed by atoms with van der Waals surface area (Å²) in [7, 11) is 0. The van der Waals surface area contributed by atoms with Gasteiger partial charge in [0.15, 0.2) is 0 Å². The molecule has 1 aliphatic carbocycles. The Bertz CT molecular complexity index is 412. The number of hydrogen-bond donors (Lipinski definition) is 0. The predicted molar refractivity (Wildman–Crippen MR) is 81.7 cm³/mol. The first-order valence-electron chi connectivity index (χ1n) is 8.25. The first-order chi connectivity index (χ1) is 9.72. The zero-order valence-electron chi connectivity index (χ0n) is 12.9. The van der Waals surface area contributed by atoms with E-state index in [0.717, 1.165) is 17.8 Å². The SMILES string of the molecule is Cc1ncc(C2CCN(C3CCC(C)CC3)CC2)cn1. The summed E-state index contributed by atoms with van der Waals surface area (Å²) in [6.45, 7) is 6.88. The van der Waals surface area contributed by atoms with Gasteiger partial charge in [0.2, 0.25) is 0 Å². The van der Waals surface area contributed by atoms with Crippen LogP contribution in [0.25, 0.3) is 0 Å². The average Bonchev–Trinajstić information content (AvgIpc) is 2.49. The molecule has 0 amide bonds. The number of nitrogens with zero attached hydrogens (tertiary/aromatic N) is 3. The zero-order chi connectivity index (χ0) is 13.9. The maximum Gasteiger partial charge on any atom is 0.125 e. The van der Waals surface area contributed by atoms with Gasteiger partial charge in [-0.25, -0.2) is 9.97 Å². The fraction of sp³-hybridized carbons (Fsp3) is 0.765. The third kappa shape index (κ3) is 3.20. The van der Waals surface area contributed by atoms with Gasteiger partial charge in [-0.3, -0.25) is 0 Å². The van der Waals surface area contributed by atoms with Crippen LogP contribution in [-0.2, 0) is 0 Å². The molecule has 1 aromatic rings. The Balaban J connectivity index is 1.53. The van der Waals surface area contributed by atoms with Crippen molar-refractivity contribution in [2.75, 3.05) is 13.1 Å². The Morgan fingerprint density at radius 1 is 0.950 bits per heavy atom. The van der Waals surface area contributed by atoms with Crippen LogP contribution < -0.4 is 0 Å². The molecule has 110 valence electrons. The van der Waals surface area contributed by atoms with Gasteiger partial charge in [-0.05, 0) is 75.9 Å². The molecule has 3 nitrogen and oxygen atoms in total. The second-order valence-electron chi connectivity index (χ2n) is 6.79. The molecule has 0 spiro atoms. The molecule has 0 bridgehead atoms. The summed E-state index contributed by atoms with van der Waals surface area (Å²) in [5.41, 5.74) is 1.34. The van der Waals surface area contributed by atoms with E-state index in [1.165, 1.54) is 57.2 Å². The summed E-state index contributed by atoms with van der Waals surface area (Å²) < 4.78 is 0. The summed E-state index contributed by atoms with van der Waals surface area (Å²) in [5.74, 6) is 2.50. The lowest BCUT2D eigenvalue weighted by Crippen LogP contribution is -2.42. The summed E-state index contributed by atoms with van der Waals surface area (Å²) in [5, 5.41) is 0. The molecule has 1 aliphatic heterocycles.